The summed E-state index contributed by atoms with van der Waals surface area (Å²) in [6.07, 6.45) is 0.950. The van der Waals surface area contributed by atoms with Gasteiger partial charge in [-0.3, -0.25) is 4.79 Å². The van der Waals surface area contributed by atoms with Crippen molar-refractivity contribution in [1.29, 1.82) is 0 Å². The molecule has 112 valence electrons. The van der Waals surface area contributed by atoms with Crippen LogP contribution in [0.3, 0.4) is 0 Å². The van der Waals surface area contributed by atoms with Gasteiger partial charge < -0.3 is 5.32 Å². The van der Waals surface area contributed by atoms with Crippen molar-refractivity contribution in [2.75, 3.05) is 11.5 Å². The molecule has 2 rings (SSSR count). The van der Waals surface area contributed by atoms with E-state index >= 15 is 0 Å². The molecule has 5 heteroatoms. The molecule has 0 spiro atoms. The van der Waals surface area contributed by atoms with Gasteiger partial charge in [0.1, 0.15) is 10.8 Å². The molecule has 0 aliphatic carbocycles. The molecule has 1 N–H and O–H groups in total. The number of benzene rings is 1. The number of thioether (sulfide) groups is 1. The van der Waals surface area contributed by atoms with Crippen LogP contribution in [-0.4, -0.2) is 28.4 Å². The predicted molar refractivity (Wildman–Crippen MR) is 91.3 cm³/mol. The summed E-state index contributed by atoms with van der Waals surface area (Å²) in [5, 5.41) is 5.13. The molecule has 0 radical (unpaired) electrons. The molecule has 1 atom stereocenters. The van der Waals surface area contributed by atoms with Crippen LogP contribution >= 0.6 is 23.4 Å². The highest BCUT2D eigenvalue weighted by Crippen LogP contribution is 2.22. The molecule has 0 saturated carbocycles. The molecule has 2 aromatic rings. The summed E-state index contributed by atoms with van der Waals surface area (Å²) < 4.78 is 0. The lowest BCUT2D eigenvalue weighted by molar-refractivity contribution is 0.0934. The van der Waals surface area contributed by atoms with Crippen molar-refractivity contribution in [2.45, 2.75) is 26.3 Å². The molecule has 0 saturated heterocycles. The lowest BCUT2D eigenvalue weighted by Crippen LogP contribution is -2.33. The number of hydrogen-bond acceptors (Lipinski definition) is 3. The van der Waals surface area contributed by atoms with Gasteiger partial charge in [-0.15, -0.1) is 0 Å². The number of halogens is 1. The van der Waals surface area contributed by atoms with Crippen LogP contribution in [0.1, 0.15) is 30.8 Å². The maximum atomic E-state index is 12.2. The summed E-state index contributed by atoms with van der Waals surface area (Å²) >= 11 is 8.03. The van der Waals surface area contributed by atoms with Crippen LogP contribution in [-0.2, 0) is 0 Å². The van der Waals surface area contributed by atoms with E-state index in [-0.39, 0.29) is 11.9 Å². The quantitative estimate of drug-likeness (QED) is 0.641. The maximum absolute atomic E-state index is 12.2. The van der Waals surface area contributed by atoms with Crippen molar-refractivity contribution in [3.05, 3.63) is 41.2 Å². The topological polar surface area (TPSA) is 42.0 Å². The summed E-state index contributed by atoms with van der Waals surface area (Å²) in [6.45, 7) is 4.14. The lowest BCUT2D eigenvalue weighted by Gasteiger charge is -2.13. The van der Waals surface area contributed by atoms with Crippen LogP contribution < -0.4 is 5.32 Å². The molecule has 0 fully saturated rings. The van der Waals surface area contributed by atoms with E-state index in [1.807, 2.05) is 43.0 Å². The Morgan fingerprint density at radius 1 is 1.43 bits per heavy atom. The Balaban J connectivity index is 2.09. The molecule has 0 aliphatic rings. The number of fused-ring (bicyclic) bond motifs is 1. The minimum atomic E-state index is -0.170. The highest BCUT2D eigenvalue weighted by molar-refractivity contribution is 7.99. The van der Waals surface area contributed by atoms with Gasteiger partial charge in [0.15, 0.2) is 0 Å². The molecule has 1 heterocycles. The Morgan fingerprint density at radius 2 is 2.19 bits per heavy atom. The van der Waals surface area contributed by atoms with Gasteiger partial charge in [0, 0.05) is 11.4 Å². The molecule has 1 aromatic carbocycles. The van der Waals surface area contributed by atoms with E-state index in [1.165, 1.54) is 0 Å². The molecular weight excluding hydrogens is 304 g/mol. The van der Waals surface area contributed by atoms with Crippen molar-refractivity contribution >= 4 is 40.0 Å². The molecule has 3 nitrogen and oxygen atoms in total. The van der Waals surface area contributed by atoms with E-state index in [1.54, 1.807) is 6.07 Å². The fraction of sp³-hybridized carbons (Fsp3) is 0.375. The summed E-state index contributed by atoms with van der Waals surface area (Å²) in [5.74, 6) is 1.98. The second-order valence-corrected chi connectivity index (χ2v) is 6.63. The van der Waals surface area contributed by atoms with Crippen LogP contribution in [0.15, 0.2) is 30.3 Å². The number of rotatable bonds is 6. The summed E-state index contributed by atoms with van der Waals surface area (Å²) in [4.78, 5) is 16.4. The first-order valence-corrected chi connectivity index (χ1v) is 8.59. The Morgan fingerprint density at radius 3 is 2.95 bits per heavy atom. The number of nitrogens with zero attached hydrogens (tertiary/aromatic N) is 1. The van der Waals surface area contributed by atoms with Gasteiger partial charge in [-0.1, -0.05) is 42.8 Å². The highest BCUT2D eigenvalue weighted by atomic mass is 35.5. The van der Waals surface area contributed by atoms with Gasteiger partial charge in [-0.2, -0.15) is 11.8 Å². The van der Waals surface area contributed by atoms with E-state index in [0.29, 0.717) is 10.8 Å². The van der Waals surface area contributed by atoms with Gasteiger partial charge >= 0.3 is 0 Å². The van der Waals surface area contributed by atoms with E-state index < -0.39 is 0 Å². The highest BCUT2D eigenvalue weighted by Gasteiger charge is 2.13. The van der Waals surface area contributed by atoms with Gasteiger partial charge in [-0.05, 0) is 36.3 Å². The first-order valence-electron chi connectivity index (χ1n) is 7.05. The normalized spacial score (nSPS) is 12.3. The molecule has 0 aliphatic heterocycles. The zero-order chi connectivity index (χ0) is 15.2. The summed E-state index contributed by atoms with van der Waals surface area (Å²) in [7, 11) is 0. The molecule has 1 amide bonds. The Bertz CT molecular complexity index is 633. The molecule has 1 aromatic heterocycles. The van der Waals surface area contributed by atoms with Crippen molar-refractivity contribution in [3.8, 4) is 0 Å². The van der Waals surface area contributed by atoms with Gasteiger partial charge in [0.25, 0.3) is 5.91 Å². The zero-order valence-corrected chi connectivity index (χ0v) is 13.8. The maximum Gasteiger partial charge on any atom is 0.270 e. The lowest BCUT2D eigenvalue weighted by atomic mass is 10.1. The number of hydrogen-bond donors (Lipinski definition) is 1. The van der Waals surface area contributed by atoms with E-state index in [2.05, 4.69) is 17.2 Å². The fourth-order valence-corrected chi connectivity index (χ4v) is 3.12. The average Bonchev–Trinajstić information content (AvgIpc) is 2.47. The molecule has 0 bridgehead atoms. The molecule has 1 unspecified atom stereocenters. The number of nitrogens with one attached hydrogen (secondary N) is 1. The summed E-state index contributed by atoms with van der Waals surface area (Å²) in [5.41, 5.74) is 0.369. The second kappa shape index (κ2) is 7.66. The Labute approximate surface area is 134 Å². The SMILES string of the molecule is CCSCCC(C)NC(=O)c1cc2ccccc2c(Cl)n1. The number of amides is 1. The van der Waals surface area contributed by atoms with Gasteiger partial charge in [-0.25, -0.2) is 4.98 Å². The first-order chi connectivity index (χ1) is 10.1. The molecular formula is C16H19ClN2OS. The van der Waals surface area contributed by atoms with Crippen LogP contribution in [0.4, 0.5) is 0 Å². The zero-order valence-electron chi connectivity index (χ0n) is 12.2. The van der Waals surface area contributed by atoms with Crippen molar-refractivity contribution < 1.29 is 4.79 Å². The van der Waals surface area contributed by atoms with Crippen LogP contribution in [0.2, 0.25) is 5.15 Å². The first kappa shape index (κ1) is 16.1. The third kappa shape index (κ3) is 4.35. The van der Waals surface area contributed by atoms with Gasteiger partial charge in [0.05, 0.1) is 0 Å². The van der Waals surface area contributed by atoms with E-state index in [0.717, 1.165) is 28.7 Å². The number of pyridine rings is 1. The summed E-state index contributed by atoms with van der Waals surface area (Å²) in [6, 6.07) is 9.57. The Hall–Kier alpha value is -1.26. The Kier molecular flexibility index (Phi) is 5.88. The van der Waals surface area contributed by atoms with E-state index in [9.17, 15) is 4.79 Å². The average molecular weight is 323 g/mol. The third-order valence-corrected chi connectivity index (χ3v) is 4.42. The standard InChI is InChI=1S/C16H19ClN2OS/c1-3-21-9-8-11(2)18-16(20)14-10-12-6-4-5-7-13(12)15(17)19-14/h4-7,10-11H,3,8-9H2,1-2H3,(H,18,20). The van der Waals surface area contributed by atoms with Crippen molar-refractivity contribution in [2.24, 2.45) is 0 Å². The van der Waals surface area contributed by atoms with Crippen LogP contribution in [0.5, 0.6) is 0 Å². The smallest absolute Gasteiger partial charge is 0.270 e. The number of carbonyl (C=O) groups excluding carboxylic acids is 1. The largest absolute Gasteiger partial charge is 0.348 e. The fourth-order valence-electron chi connectivity index (χ4n) is 2.05. The van der Waals surface area contributed by atoms with E-state index in [4.69, 9.17) is 11.6 Å². The number of carbonyl (C=O) groups is 1. The van der Waals surface area contributed by atoms with Crippen molar-refractivity contribution in [1.82, 2.24) is 10.3 Å². The van der Waals surface area contributed by atoms with Crippen molar-refractivity contribution in [3.63, 3.8) is 0 Å². The van der Waals surface area contributed by atoms with Crippen LogP contribution in [0.25, 0.3) is 10.8 Å². The molecule has 21 heavy (non-hydrogen) atoms. The minimum Gasteiger partial charge on any atom is -0.348 e. The monoisotopic (exact) mass is 322 g/mol. The third-order valence-electron chi connectivity index (χ3n) is 3.20. The van der Waals surface area contributed by atoms with Gasteiger partial charge in [0.2, 0.25) is 0 Å². The predicted octanol–water partition coefficient (Wildman–Crippen LogP) is 4.15. The number of aromatic nitrogens is 1. The van der Waals surface area contributed by atoms with Crippen LogP contribution in [0, 0.1) is 0 Å². The minimum absolute atomic E-state index is 0.128. The second-order valence-electron chi connectivity index (χ2n) is 4.88.